The number of Topliss-reactive ketones (excluding diaryl/α,β-unsaturated/α-hetero) is 2. The Morgan fingerprint density at radius 2 is 1.76 bits per heavy atom. The Hall–Kier alpha value is -3.87. The number of aromatic nitrogens is 1. The van der Waals surface area contributed by atoms with Crippen molar-refractivity contribution < 1.29 is 46.6 Å². The maximum atomic E-state index is 13.8. The van der Waals surface area contributed by atoms with Crippen molar-refractivity contribution in [2.45, 2.75) is 26.3 Å². The number of benzene rings is 1. The molecule has 38 heavy (non-hydrogen) atoms. The number of hydrogen-bond acceptors (Lipinski definition) is 7. The third kappa shape index (κ3) is 7.57. The van der Waals surface area contributed by atoms with Crippen molar-refractivity contribution in [2.24, 2.45) is 5.92 Å². The number of ketones is 2. The maximum Gasteiger partial charge on any atom is 0.304 e. The zero-order chi connectivity index (χ0) is 28.0. The van der Waals surface area contributed by atoms with Gasteiger partial charge in [0.1, 0.15) is 6.61 Å². The lowest BCUT2D eigenvalue weighted by atomic mass is 9.94. The largest absolute Gasteiger partial charge is 0.481 e. The number of hydrogen-bond donors (Lipinski definition) is 1. The number of carbonyl (C=O) groups is 4. The monoisotopic (exact) mass is 539 g/mol. The van der Waals surface area contributed by atoms with Crippen molar-refractivity contribution >= 4 is 23.4 Å². The van der Waals surface area contributed by atoms with E-state index in [9.17, 15) is 36.7 Å². The van der Waals surface area contributed by atoms with Gasteiger partial charge < -0.3 is 14.7 Å². The molecule has 0 unspecified atom stereocenters. The van der Waals surface area contributed by atoms with Crippen LogP contribution in [0, 0.1) is 36.1 Å². The van der Waals surface area contributed by atoms with Gasteiger partial charge in [-0.1, -0.05) is 6.07 Å². The van der Waals surface area contributed by atoms with Crippen LogP contribution in [0.25, 0.3) is 0 Å². The second-order valence-electron chi connectivity index (χ2n) is 8.89. The predicted molar refractivity (Wildman–Crippen MR) is 123 cm³/mol. The van der Waals surface area contributed by atoms with Crippen molar-refractivity contribution in [2.75, 3.05) is 32.8 Å². The van der Waals surface area contributed by atoms with Crippen LogP contribution in [0.3, 0.4) is 0 Å². The number of carboxylic acid groups (broad SMARTS) is 1. The van der Waals surface area contributed by atoms with E-state index in [2.05, 4.69) is 9.72 Å². The lowest BCUT2D eigenvalue weighted by molar-refractivity contribution is -0.143. The number of ether oxygens (including phenoxy) is 1. The first kappa shape index (κ1) is 28.7. The summed E-state index contributed by atoms with van der Waals surface area (Å²) in [5.74, 6) is -13.5. The van der Waals surface area contributed by atoms with E-state index in [1.165, 1.54) is 4.90 Å². The zero-order valence-corrected chi connectivity index (χ0v) is 20.4. The summed E-state index contributed by atoms with van der Waals surface area (Å²) in [5, 5.41) is 9.12. The van der Waals surface area contributed by atoms with Gasteiger partial charge >= 0.3 is 5.97 Å². The molecule has 1 aromatic carbocycles. The molecule has 1 aromatic heterocycles. The number of aryl methyl sites for hydroxylation is 1. The first-order chi connectivity index (χ1) is 17.9. The summed E-state index contributed by atoms with van der Waals surface area (Å²) in [6.07, 6.45) is -1.39. The number of pyridine rings is 1. The Kier molecular flexibility index (Phi) is 9.50. The highest BCUT2D eigenvalue weighted by Crippen LogP contribution is 2.27. The first-order valence-corrected chi connectivity index (χ1v) is 11.6. The van der Waals surface area contributed by atoms with Crippen LogP contribution in [0.15, 0.2) is 24.3 Å². The molecule has 1 fully saturated rings. The molecular weight excluding hydrogens is 514 g/mol. The maximum absolute atomic E-state index is 13.8. The van der Waals surface area contributed by atoms with Gasteiger partial charge in [-0.3, -0.25) is 29.1 Å². The summed E-state index contributed by atoms with van der Waals surface area (Å²) in [6.45, 7) is 1.52. The Morgan fingerprint density at radius 3 is 2.37 bits per heavy atom. The van der Waals surface area contributed by atoms with Gasteiger partial charge in [-0.25, -0.2) is 8.78 Å². The third-order valence-electron chi connectivity index (χ3n) is 5.88. The number of carbonyl (C=O) groups excluding carboxylic acids is 3. The van der Waals surface area contributed by atoms with E-state index in [1.54, 1.807) is 0 Å². The molecule has 0 bridgehead atoms. The molecule has 204 valence electrons. The standard InChI is InChI=1S/C25H25F4N3O6/c1-14-3-2-4-16(30-14)10-31-5-6-32(21(35)12-31)11-17(33)7-15(8-22(36)37)20(34)13-38-25-23(28)18(26)9-19(27)24(25)29/h2-4,9,15H,5-8,10-13H2,1H3,(H,36,37)/t15-/m0/s1. The summed E-state index contributed by atoms with van der Waals surface area (Å²) >= 11 is 0. The van der Waals surface area contributed by atoms with Gasteiger partial charge in [0.15, 0.2) is 29.0 Å². The molecule has 9 nitrogen and oxygen atoms in total. The summed E-state index contributed by atoms with van der Waals surface area (Å²) in [4.78, 5) is 56.5. The Bertz CT molecular complexity index is 1220. The lowest BCUT2D eigenvalue weighted by Gasteiger charge is -2.34. The summed E-state index contributed by atoms with van der Waals surface area (Å²) in [7, 11) is 0. The molecule has 2 heterocycles. The summed E-state index contributed by atoms with van der Waals surface area (Å²) in [6, 6.07) is 5.51. The zero-order valence-electron chi connectivity index (χ0n) is 20.4. The van der Waals surface area contributed by atoms with E-state index < -0.39 is 71.9 Å². The molecule has 3 rings (SSSR count). The van der Waals surface area contributed by atoms with Crippen LogP contribution in [0.5, 0.6) is 5.75 Å². The topological polar surface area (TPSA) is 117 Å². The molecule has 0 spiro atoms. The average molecular weight is 539 g/mol. The van der Waals surface area contributed by atoms with Crippen LogP contribution in [-0.4, -0.2) is 76.1 Å². The van der Waals surface area contributed by atoms with Gasteiger partial charge in [-0.15, -0.1) is 0 Å². The normalized spacial score (nSPS) is 14.9. The van der Waals surface area contributed by atoms with Crippen LogP contribution >= 0.6 is 0 Å². The van der Waals surface area contributed by atoms with Gasteiger partial charge in [0.05, 0.1) is 25.2 Å². The molecule has 0 saturated carbocycles. The average Bonchev–Trinajstić information content (AvgIpc) is 2.83. The molecule has 1 N–H and O–H groups in total. The number of amides is 1. The number of piperazine rings is 1. The predicted octanol–water partition coefficient (Wildman–Crippen LogP) is 2.29. The molecule has 1 amide bonds. The third-order valence-corrected chi connectivity index (χ3v) is 5.88. The molecule has 1 aliphatic rings. The SMILES string of the molecule is Cc1cccc(CN2CCN(CC(=O)C[C@@H](CC(=O)O)C(=O)COc3c(F)c(F)cc(F)c3F)C(=O)C2)n1. The second-order valence-corrected chi connectivity index (χ2v) is 8.89. The molecule has 1 aliphatic heterocycles. The van der Waals surface area contributed by atoms with E-state index >= 15 is 0 Å². The Balaban J connectivity index is 1.56. The molecular formula is C25H25F4N3O6. The summed E-state index contributed by atoms with van der Waals surface area (Å²) < 4.78 is 58.8. The van der Waals surface area contributed by atoms with Crippen molar-refractivity contribution in [1.29, 1.82) is 0 Å². The number of nitrogens with zero attached hydrogens (tertiary/aromatic N) is 3. The Labute approximate surface area is 215 Å². The fourth-order valence-corrected chi connectivity index (χ4v) is 3.98. The van der Waals surface area contributed by atoms with Crippen LogP contribution < -0.4 is 4.74 Å². The highest BCUT2D eigenvalue weighted by atomic mass is 19.2. The quantitative estimate of drug-likeness (QED) is 0.323. The van der Waals surface area contributed by atoms with Crippen molar-refractivity contribution in [1.82, 2.24) is 14.8 Å². The highest BCUT2D eigenvalue weighted by molar-refractivity contribution is 5.93. The van der Waals surface area contributed by atoms with E-state index in [1.807, 2.05) is 30.0 Å². The number of halogens is 4. The lowest BCUT2D eigenvalue weighted by Crippen LogP contribution is -2.51. The highest BCUT2D eigenvalue weighted by Gasteiger charge is 2.30. The Morgan fingerprint density at radius 1 is 1.08 bits per heavy atom. The van der Waals surface area contributed by atoms with Crippen molar-refractivity contribution in [3.63, 3.8) is 0 Å². The fourth-order valence-electron chi connectivity index (χ4n) is 3.98. The first-order valence-electron chi connectivity index (χ1n) is 11.6. The number of rotatable bonds is 12. The molecule has 0 aliphatic carbocycles. The van der Waals surface area contributed by atoms with Gasteiger partial charge in [-0.2, -0.15) is 8.78 Å². The minimum Gasteiger partial charge on any atom is -0.481 e. The van der Waals surface area contributed by atoms with E-state index in [0.29, 0.717) is 13.1 Å². The smallest absolute Gasteiger partial charge is 0.304 e. The van der Waals surface area contributed by atoms with Gasteiger partial charge in [-0.05, 0) is 19.1 Å². The van der Waals surface area contributed by atoms with Crippen molar-refractivity contribution in [3.8, 4) is 5.75 Å². The van der Waals surface area contributed by atoms with Crippen LogP contribution in [0.1, 0.15) is 24.2 Å². The second kappa shape index (κ2) is 12.6. The van der Waals surface area contributed by atoms with Crippen LogP contribution in [-0.2, 0) is 25.7 Å². The molecule has 2 aromatic rings. The van der Waals surface area contributed by atoms with Crippen molar-refractivity contribution in [3.05, 3.63) is 58.9 Å². The molecule has 1 saturated heterocycles. The molecule has 13 heteroatoms. The van der Waals surface area contributed by atoms with E-state index in [0.717, 1.165) is 11.4 Å². The fraction of sp³-hybridized carbons (Fsp3) is 0.400. The van der Waals surface area contributed by atoms with Gasteiger partial charge in [0.25, 0.3) is 0 Å². The molecule has 1 atom stereocenters. The minimum atomic E-state index is -1.86. The molecule has 0 radical (unpaired) electrons. The van der Waals surface area contributed by atoms with E-state index in [4.69, 9.17) is 5.11 Å². The van der Waals surface area contributed by atoms with Crippen LogP contribution in [0.2, 0.25) is 0 Å². The summed E-state index contributed by atoms with van der Waals surface area (Å²) in [5.41, 5.74) is 1.63. The van der Waals surface area contributed by atoms with Crippen LogP contribution in [0.4, 0.5) is 17.6 Å². The van der Waals surface area contributed by atoms with E-state index in [-0.39, 0.29) is 31.6 Å². The minimum absolute atomic E-state index is 0.0359. The number of aliphatic carboxylic acids is 1. The van der Waals surface area contributed by atoms with Gasteiger partial charge in [0, 0.05) is 43.7 Å². The van der Waals surface area contributed by atoms with Gasteiger partial charge in [0.2, 0.25) is 17.5 Å². The number of carboxylic acids is 1.